The first kappa shape index (κ1) is 37.2. The lowest BCUT2D eigenvalue weighted by molar-refractivity contribution is 0.754. The molecule has 10 aromatic carbocycles. The van der Waals surface area contributed by atoms with Crippen molar-refractivity contribution in [1.82, 2.24) is 0 Å². The van der Waals surface area contributed by atoms with Gasteiger partial charge in [0.1, 0.15) is 0 Å². The average Bonchev–Trinajstić information content (AvgIpc) is 3.39. The first-order valence-corrected chi connectivity index (χ1v) is 23.3. The van der Waals surface area contributed by atoms with Crippen molar-refractivity contribution in [3.8, 4) is 11.1 Å². The van der Waals surface area contributed by atoms with Crippen molar-refractivity contribution in [2.75, 3.05) is 9.80 Å². The number of anilines is 6. The van der Waals surface area contributed by atoms with Gasteiger partial charge in [0.15, 0.2) is 0 Å². The minimum atomic E-state index is 0.218. The van der Waals surface area contributed by atoms with Gasteiger partial charge in [0, 0.05) is 57.8 Å². The van der Waals surface area contributed by atoms with E-state index in [1.165, 1.54) is 89.3 Å². The summed E-state index contributed by atoms with van der Waals surface area (Å²) in [6.07, 6.45) is 0. The van der Waals surface area contributed by atoms with E-state index in [0.717, 1.165) is 22.7 Å². The summed E-state index contributed by atoms with van der Waals surface area (Å²) in [7, 11) is 0. The summed E-state index contributed by atoms with van der Waals surface area (Å²) >= 11 is 0. The van der Waals surface area contributed by atoms with Gasteiger partial charge in [-0.2, -0.15) is 0 Å². The summed E-state index contributed by atoms with van der Waals surface area (Å²) in [5, 5.41) is 0. The van der Waals surface area contributed by atoms with E-state index in [2.05, 4.69) is 252 Å². The van der Waals surface area contributed by atoms with Crippen molar-refractivity contribution < 1.29 is 0 Å². The van der Waals surface area contributed by atoms with Gasteiger partial charge in [0.2, 0.25) is 0 Å². The number of hydrogen-bond acceptors (Lipinski definition) is 2. The Hall–Kier alpha value is -8.20. The molecule has 310 valence electrons. The summed E-state index contributed by atoms with van der Waals surface area (Å²) in [5.41, 5.74) is 26.4. The number of rotatable bonds is 7. The SMILES string of the molecule is c1ccc(N(c2ccc(-c3ccc(N(c4ccccc4)c4ccc5c(c4)C4c6ccccc6C5c5ccccc54)cc3)cc2)c2ccc3c(c2)C2c4ccccc4C3c3ccccc32)cc1. The molecule has 0 atom stereocenters. The van der Waals surface area contributed by atoms with E-state index in [9.17, 15) is 0 Å². The van der Waals surface area contributed by atoms with Crippen LogP contribution >= 0.6 is 0 Å². The summed E-state index contributed by atoms with van der Waals surface area (Å²) in [6, 6.07) is 90.5. The van der Waals surface area contributed by atoms with Gasteiger partial charge >= 0.3 is 0 Å². The molecule has 10 aromatic rings. The molecule has 0 amide bonds. The minimum Gasteiger partial charge on any atom is -0.310 e. The van der Waals surface area contributed by atoms with E-state index in [0.29, 0.717) is 0 Å². The number of hydrogen-bond donors (Lipinski definition) is 0. The van der Waals surface area contributed by atoms with Crippen molar-refractivity contribution in [2.45, 2.75) is 23.7 Å². The Morgan fingerprint density at radius 1 is 0.182 bits per heavy atom. The van der Waals surface area contributed by atoms with Gasteiger partial charge in [-0.3, -0.25) is 0 Å². The van der Waals surface area contributed by atoms with Crippen molar-refractivity contribution in [3.63, 3.8) is 0 Å². The Morgan fingerprint density at radius 3 is 0.712 bits per heavy atom. The van der Waals surface area contributed by atoms with Gasteiger partial charge in [0.05, 0.1) is 0 Å². The molecule has 0 spiro atoms. The van der Waals surface area contributed by atoms with Crippen LogP contribution in [0.1, 0.15) is 90.4 Å². The standard InChI is InChI=1S/C64H44N2/c1-3-15-43(16-4-1)65(47-35-37-57-59(39-47)63-53-23-11-7-19-49(53)61(57)50-20-8-12-24-54(50)63)45-31-27-41(28-32-45)42-29-33-46(34-30-42)66(44-17-5-2-6-18-44)48-36-38-58-60(40-48)64-55-25-13-9-21-51(55)62(58)52-22-10-14-26-56(52)64/h1-40,61-64H. The molecular weight excluding hydrogens is 797 g/mol. The quantitative estimate of drug-likeness (QED) is 0.158. The molecule has 0 fully saturated rings. The fourth-order valence-electron chi connectivity index (χ4n) is 12.2. The Balaban J connectivity index is 0.805. The maximum atomic E-state index is 2.46. The van der Waals surface area contributed by atoms with Crippen LogP contribution in [0.15, 0.2) is 243 Å². The van der Waals surface area contributed by atoms with Crippen LogP contribution in [0.4, 0.5) is 34.1 Å². The van der Waals surface area contributed by atoms with Crippen LogP contribution in [0.25, 0.3) is 11.1 Å². The summed E-state index contributed by atoms with van der Waals surface area (Å²) < 4.78 is 0. The van der Waals surface area contributed by atoms with E-state index in [1.54, 1.807) is 0 Å². The molecule has 0 saturated carbocycles. The van der Waals surface area contributed by atoms with Crippen LogP contribution in [0.5, 0.6) is 0 Å². The summed E-state index contributed by atoms with van der Waals surface area (Å²) in [4.78, 5) is 4.82. The Bertz CT molecular complexity index is 3170. The largest absolute Gasteiger partial charge is 0.310 e. The molecule has 0 aromatic heterocycles. The van der Waals surface area contributed by atoms with Gasteiger partial charge < -0.3 is 9.80 Å². The van der Waals surface area contributed by atoms with Crippen LogP contribution in [0, 0.1) is 0 Å². The van der Waals surface area contributed by atoms with Gasteiger partial charge in [-0.1, -0.05) is 170 Å². The number of nitrogens with zero attached hydrogens (tertiary/aromatic N) is 2. The lowest BCUT2D eigenvalue weighted by Gasteiger charge is -2.42. The fraction of sp³-hybridized carbons (Fsp3) is 0.0625. The second-order valence-corrected chi connectivity index (χ2v) is 18.3. The summed E-state index contributed by atoms with van der Waals surface area (Å²) in [6.45, 7) is 0. The highest BCUT2D eigenvalue weighted by atomic mass is 15.1. The second-order valence-electron chi connectivity index (χ2n) is 18.3. The lowest BCUT2D eigenvalue weighted by Crippen LogP contribution is -2.27. The number of para-hydroxylation sites is 2. The Morgan fingerprint density at radius 2 is 0.409 bits per heavy atom. The monoisotopic (exact) mass is 840 g/mol. The highest BCUT2D eigenvalue weighted by Gasteiger charge is 2.42. The molecule has 66 heavy (non-hydrogen) atoms. The molecule has 0 heterocycles. The van der Waals surface area contributed by atoms with Crippen molar-refractivity contribution in [2.24, 2.45) is 0 Å². The molecule has 0 N–H and O–H groups in total. The smallest absolute Gasteiger partial charge is 0.0464 e. The molecule has 0 unspecified atom stereocenters. The van der Waals surface area contributed by atoms with Crippen molar-refractivity contribution in [1.29, 1.82) is 0 Å². The molecule has 16 rings (SSSR count). The molecule has 0 radical (unpaired) electrons. The zero-order valence-electron chi connectivity index (χ0n) is 36.3. The zero-order valence-corrected chi connectivity index (χ0v) is 36.3. The Kier molecular flexibility index (Phi) is 8.27. The molecule has 6 aliphatic rings. The third-order valence-electron chi connectivity index (χ3n) is 15.0. The van der Waals surface area contributed by atoms with Crippen molar-refractivity contribution >= 4 is 34.1 Å². The van der Waals surface area contributed by atoms with Crippen LogP contribution in [-0.2, 0) is 0 Å². The van der Waals surface area contributed by atoms with E-state index in [1.807, 2.05) is 0 Å². The fourth-order valence-corrected chi connectivity index (χ4v) is 12.2. The summed E-state index contributed by atoms with van der Waals surface area (Å²) in [5.74, 6) is 0.948. The highest BCUT2D eigenvalue weighted by molar-refractivity contribution is 5.83. The van der Waals surface area contributed by atoms with E-state index in [-0.39, 0.29) is 23.7 Å². The molecule has 0 saturated heterocycles. The third kappa shape index (κ3) is 5.55. The molecule has 4 bridgehead atoms. The number of benzene rings is 10. The molecule has 2 heteroatoms. The van der Waals surface area contributed by atoms with Gasteiger partial charge in [-0.15, -0.1) is 0 Å². The average molecular weight is 841 g/mol. The molecular formula is C64H44N2. The van der Waals surface area contributed by atoms with Crippen LogP contribution in [0.2, 0.25) is 0 Å². The van der Waals surface area contributed by atoms with Gasteiger partial charge in [-0.25, -0.2) is 0 Å². The van der Waals surface area contributed by atoms with Crippen LogP contribution < -0.4 is 9.80 Å². The first-order chi connectivity index (χ1) is 32.8. The van der Waals surface area contributed by atoms with E-state index in [4.69, 9.17) is 0 Å². The first-order valence-electron chi connectivity index (χ1n) is 23.3. The normalized spacial score (nSPS) is 17.4. The van der Waals surface area contributed by atoms with Crippen LogP contribution in [0.3, 0.4) is 0 Å². The topological polar surface area (TPSA) is 6.48 Å². The van der Waals surface area contributed by atoms with Gasteiger partial charge in [-0.05, 0) is 151 Å². The molecule has 6 aliphatic carbocycles. The maximum Gasteiger partial charge on any atom is 0.0464 e. The molecule has 0 aliphatic heterocycles. The zero-order chi connectivity index (χ0) is 43.3. The third-order valence-corrected chi connectivity index (χ3v) is 15.0. The van der Waals surface area contributed by atoms with Gasteiger partial charge in [0.25, 0.3) is 0 Å². The lowest BCUT2D eigenvalue weighted by atomic mass is 9.61. The van der Waals surface area contributed by atoms with Crippen molar-refractivity contribution in [3.05, 3.63) is 309 Å². The second kappa shape index (κ2) is 14.7. The van der Waals surface area contributed by atoms with E-state index >= 15 is 0 Å². The predicted molar refractivity (Wildman–Crippen MR) is 271 cm³/mol. The predicted octanol–water partition coefficient (Wildman–Crippen LogP) is 16.3. The highest BCUT2D eigenvalue weighted by Crippen LogP contribution is 2.58. The van der Waals surface area contributed by atoms with Crippen LogP contribution in [-0.4, -0.2) is 0 Å². The van der Waals surface area contributed by atoms with E-state index < -0.39 is 0 Å². The minimum absolute atomic E-state index is 0.218. The molecule has 2 nitrogen and oxygen atoms in total. The Labute approximate surface area is 386 Å². The maximum absolute atomic E-state index is 2.46.